The number of hydrogen-bond acceptors (Lipinski definition) is 8. The van der Waals surface area contributed by atoms with Crippen LogP contribution in [0.5, 0.6) is 0 Å². The molecule has 37 heavy (non-hydrogen) atoms. The van der Waals surface area contributed by atoms with E-state index in [9.17, 15) is 28.8 Å². The van der Waals surface area contributed by atoms with E-state index >= 15 is 0 Å². The number of aliphatic carboxylic acids is 2. The Morgan fingerprint density at radius 2 is 1.62 bits per heavy atom. The van der Waals surface area contributed by atoms with Crippen molar-refractivity contribution in [3.63, 3.8) is 0 Å². The molecule has 0 saturated heterocycles. The summed E-state index contributed by atoms with van der Waals surface area (Å²) in [6.07, 6.45) is 2.65. The number of H-pyrrole nitrogens is 1. The number of nitrogens with one attached hydrogen (secondary N) is 5. The lowest BCUT2D eigenvalue weighted by atomic mass is 10.0. The number of carbonyl (C=O) groups excluding carboxylic acids is 4. The SMILES string of the molecule is CC(C)C[C@H](NC(=O)[C@@H](N)Cc1cnc[nH]1)C(=O)NCC(=O)N[C@@H](C)C(=O)N[C@@H](CCC(=O)O)C(=O)O. The predicted octanol–water partition coefficient (Wildman–Crippen LogP) is -2.13. The zero-order chi connectivity index (χ0) is 28.1. The largest absolute Gasteiger partial charge is 0.481 e. The molecule has 9 N–H and O–H groups in total. The number of carbonyl (C=O) groups is 6. The molecule has 4 amide bonds. The van der Waals surface area contributed by atoms with Gasteiger partial charge in [-0.05, 0) is 25.7 Å². The molecule has 0 aliphatic carbocycles. The zero-order valence-electron chi connectivity index (χ0n) is 20.9. The average molecular weight is 526 g/mol. The smallest absolute Gasteiger partial charge is 0.326 e. The van der Waals surface area contributed by atoms with Crippen molar-refractivity contribution in [1.82, 2.24) is 31.2 Å². The predicted molar refractivity (Wildman–Crippen MR) is 129 cm³/mol. The molecule has 1 aromatic rings. The van der Waals surface area contributed by atoms with E-state index in [1.807, 2.05) is 13.8 Å². The summed E-state index contributed by atoms with van der Waals surface area (Å²) in [7, 11) is 0. The van der Waals surface area contributed by atoms with Gasteiger partial charge in [0.2, 0.25) is 23.6 Å². The Morgan fingerprint density at radius 1 is 0.973 bits per heavy atom. The second-order valence-electron chi connectivity index (χ2n) is 8.92. The van der Waals surface area contributed by atoms with Gasteiger partial charge in [-0.15, -0.1) is 0 Å². The third-order valence-electron chi connectivity index (χ3n) is 5.13. The summed E-state index contributed by atoms with van der Waals surface area (Å²) in [5.41, 5.74) is 6.57. The topological polar surface area (TPSA) is 246 Å². The number of nitrogens with two attached hydrogens (primary N) is 1. The number of nitrogens with zero attached hydrogens (tertiary/aromatic N) is 1. The highest BCUT2D eigenvalue weighted by Crippen LogP contribution is 2.06. The molecular weight excluding hydrogens is 490 g/mol. The molecule has 0 aromatic carbocycles. The molecule has 15 heteroatoms. The number of aromatic amines is 1. The van der Waals surface area contributed by atoms with E-state index in [-0.39, 0.29) is 25.2 Å². The summed E-state index contributed by atoms with van der Waals surface area (Å²) in [6.45, 7) is 4.49. The van der Waals surface area contributed by atoms with Crippen molar-refractivity contribution in [3.8, 4) is 0 Å². The number of hydrogen-bond donors (Lipinski definition) is 8. The number of rotatable bonds is 16. The van der Waals surface area contributed by atoms with Crippen LogP contribution in [0.25, 0.3) is 0 Å². The fraction of sp³-hybridized carbons (Fsp3) is 0.591. The fourth-order valence-electron chi connectivity index (χ4n) is 3.18. The molecule has 1 heterocycles. The maximum absolute atomic E-state index is 12.7. The minimum Gasteiger partial charge on any atom is -0.481 e. The molecule has 206 valence electrons. The Bertz CT molecular complexity index is 951. The Labute approximate surface area is 213 Å². The van der Waals surface area contributed by atoms with Crippen molar-refractivity contribution in [1.29, 1.82) is 0 Å². The Balaban J connectivity index is 2.60. The van der Waals surface area contributed by atoms with Crippen molar-refractivity contribution in [2.24, 2.45) is 11.7 Å². The highest BCUT2D eigenvalue weighted by molar-refractivity contribution is 5.94. The second-order valence-corrected chi connectivity index (χ2v) is 8.92. The monoisotopic (exact) mass is 525 g/mol. The molecule has 0 spiro atoms. The van der Waals surface area contributed by atoms with Crippen LogP contribution in [0.4, 0.5) is 0 Å². The minimum absolute atomic E-state index is 0.0285. The zero-order valence-corrected chi connectivity index (χ0v) is 20.9. The number of carboxylic acid groups (broad SMARTS) is 2. The minimum atomic E-state index is -1.44. The number of carboxylic acids is 2. The van der Waals surface area contributed by atoms with Crippen LogP contribution in [-0.2, 0) is 35.2 Å². The van der Waals surface area contributed by atoms with E-state index in [1.165, 1.54) is 19.4 Å². The molecule has 0 unspecified atom stereocenters. The molecule has 0 aliphatic heterocycles. The van der Waals surface area contributed by atoms with Gasteiger partial charge in [0.25, 0.3) is 0 Å². The quantitative estimate of drug-likeness (QED) is 0.116. The van der Waals surface area contributed by atoms with E-state index in [0.717, 1.165) is 0 Å². The van der Waals surface area contributed by atoms with Gasteiger partial charge in [0, 0.05) is 24.7 Å². The van der Waals surface area contributed by atoms with Crippen LogP contribution in [0, 0.1) is 5.92 Å². The lowest BCUT2D eigenvalue weighted by Crippen LogP contribution is -2.55. The van der Waals surface area contributed by atoms with Crippen LogP contribution < -0.4 is 27.0 Å². The Hall–Kier alpha value is -4.01. The lowest BCUT2D eigenvalue weighted by molar-refractivity contribution is -0.143. The van der Waals surface area contributed by atoms with Crippen molar-refractivity contribution in [2.45, 2.75) is 70.6 Å². The third kappa shape index (κ3) is 12.0. The molecule has 0 fully saturated rings. The van der Waals surface area contributed by atoms with Gasteiger partial charge in [0.05, 0.1) is 18.9 Å². The Morgan fingerprint density at radius 3 is 2.16 bits per heavy atom. The summed E-state index contributed by atoms with van der Waals surface area (Å²) in [6, 6.07) is -4.50. The summed E-state index contributed by atoms with van der Waals surface area (Å²) < 4.78 is 0. The van der Waals surface area contributed by atoms with Crippen LogP contribution in [0.2, 0.25) is 0 Å². The lowest BCUT2D eigenvalue weighted by Gasteiger charge is -2.22. The fourth-order valence-corrected chi connectivity index (χ4v) is 3.18. The molecule has 0 radical (unpaired) electrons. The van der Waals surface area contributed by atoms with Gasteiger partial charge in [-0.2, -0.15) is 0 Å². The maximum atomic E-state index is 12.7. The van der Waals surface area contributed by atoms with Gasteiger partial charge >= 0.3 is 11.9 Å². The van der Waals surface area contributed by atoms with Gasteiger partial charge in [0.1, 0.15) is 18.1 Å². The summed E-state index contributed by atoms with van der Waals surface area (Å²) in [5.74, 6) is -5.36. The van der Waals surface area contributed by atoms with Gasteiger partial charge in [-0.25, -0.2) is 9.78 Å². The van der Waals surface area contributed by atoms with E-state index < -0.39 is 72.7 Å². The van der Waals surface area contributed by atoms with E-state index in [4.69, 9.17) is 15.9 Å². The molecule has 4 atom stereocenters. The molecule has 0 aliphatic rings. The molecule has 0 saturated carbocycles. The first-order valence-electron chi connectivity index (χ1n) is 11.6. The van der Waals surface area contributed by atoms with E-state index in [1.54, 1.807) is 0 Å². The summed E-state index contributed by atoms with van der Waals surface area (Å²) in [4.78, 5) is 78.2. The third-order valence-corrected chi connectivity index (χ3v) is 5.13. The van der Waals surface area contributed by atoms with Crippen LogP contribution in [0.3, 0.4) is 0 Å². The number of imidazole rings is 1. The van der Waals surface area contributed by atoms with Crippen molar-refractivity contribution < 1.29 is 39.0 Å². The van der Waals surface area contributed by atoms with E-state index in [0.29, 0.717) is 5.69 Å². The second kappa shape index (κ2) is 15.2. The molecule has 1 aromatic heterocycles. The normalized spacial score (nSPS) is 14.1. The van der Waals surface area contributed by atoms with Gasteiger partial charge in [0.15, 0.2) is 0 Å². The highest BCUT2D eigenvalue weighted by atomic mass is 16.4. The first-order valence-corrected chi connectivity index (χ1v) is 11.6. The van der Waals surface area contributed by atoms with Gasteiger partial charge in [-0.1, -0.05) is 13.8 Å². The average Bonchev–Trinajstić information content (AvgIpc) is 3.31. The highest BCUT2D eigenvalue weighted by Gasteiger charge is 2.27. The standard InChI is InChI=1S/C22H35N7O8/c1-11(2)6-16(29-20(34)14(23)7-13-8-24-10-26-13)21(35)25-9-17(30)27-12(3)19(33)28-15(22(36)37)4-5-18(31)32/h8,10-12,14-16H,4-7,9,23H2,1-3H3,(H,24,26)(H,25,35)(H,27,30)(H,28,33)(H,29,34)(H,31,32)(H,36,37)/t12-,14-,15-,16-/m0/s1. The van der Waals surface area contributed by atoms with Gasteiger partial charge < -0.3 is 42.2 Å². The molecule has 15 nitrogen and oxygen atoms in total. The Kier molecular flexibility index (Phi) is 12.7. The molecule has 1 rings (SSSR count). The number of amides is 4. The summed E-state index contributed by atoms with van der Waals surface area (Å²) in [5, 5.41) is 27.3. The first kappa shape index (κ1) is 31.0. The summed E-state index contributed by atoms with van der Waals surface area (Å²) >= 11 is 0. The first-order chi connectivity index (χ1) is 17.3. The van der Waals surface area contributed by atoms with Crippen LogP contribution in [0.15, 0.2) is 12.5 Å². The van der Waals surface area contributed by atoms with Crippen molar-refractivity contribution >= 4 is 35.6 Å². The van der Waals surface area contributed by atoms with Crippen molar-refractivity contribution in [3.05, 3.63) is 18.2 Å². The maximum Gasteiger partial charge on any atom is 0.326 e. The van der Waals surface area contributed by atoms with Gasteiger partial charge in [-0.3, -0.25) is 24.0 Å². The number of aromatic nitrogens is 2. The molecule has 0 bridgehead atoms. The molecular formula is C22H35N7O8. The van der Waals surface area contributed by atoms with Crippen LogP contribution >= 0.6 is 0 Å². The van der Waals surface area contributed by atoms with E-state index in [2.05, 4.69) is 31.2 Å². The van der Waals surface area contributed by atoms with Crippen LogP contribution in [-0.4, -0.2) is 86.5 Å². The van der Waals surface area contributed by atoms with Crippen LogP contribution in [0.1, 0.15) is 45.7 Å². The van der Waals surface area contributed by atoms with Crippen molar-refractivity contribution in [2.75, 3.05) is 6.54 Å².